The first-order chi connectivity index (χ1) is 13.0. The minimum absolute atomic E-state index is 0.215. The molecule has 2 amide bonds. The van der Waals surface area contributed by atoms with E-state index in [4.69, 9.17) is 16.3 Å². The number of hydrogen-bond donors (Lipinski definition) is 1. The zero-order valence-electron chi connectivity index (χ0n) is 14.6. The monoisotopic (exact) mass is 384 g/mol. The summed E-state index contributed by atoms with van der Waals surface area (Å²) in [5.74, 6) is -1.03. The summed E-state index contributed by atoms with van der Waals surface area (Å²) >= 11 is 6.01. The second kappa shape index (κ2) is 6.70. The maximum absolute atomic E-state index is 12.9. The summed E-state index contributed by atoms with van der Waals surface area (Å²) < 4.78 is 5.42. The highest BCUT2D eigenvalue weighted by molar-refractivity contribution is 6.31. The van der Waals surface area contributed by atoms with Crippen LogP contribution in [0.1, 0.15) is 40.6 Å². The van der Waals surface area contributed by atoms with Crippen molar-refractivity contribution in [2.75, 3.05) is 5.32 Å². The highest BCUT2D eigenvalue weighted by Crippen LogP contribution is 2.38. The third kappa shape index (κ3) is 3.06. The second-order valence-electron chi connectivity index (χ2n) is 6.65. The van der Waals surface area contributed by atoms with Crippen molar-refractivity contribution in [3.63, 3.8) is 0 Å². The molecule has 2 heterocycles. The van der Waals surface area contributed by atoms with Gasteiger partial charge in [-0.2, -0.15) is 0 Å². The van der Waals surface area contributed by atoms with Crippen molar-refractivity contribution in [3.05, 3.63) is 64.2 Å². The van der Waals surface area contributed by atoms with E-state index in [-0.39, 0.29) is 18.2 Å². The Kier molecular flexibility index (Phi) is 4.36. The molecule has 0 radical (unpaired) electrons. The summed E-state index contributed by atoms with van der Waals surface area (Å²) in [6, 6.07) is 11.4. The molecule has 0 aliphatic carbocycles. The van der Waals surface area contributed by atoms with E-state index in [0.717, 1.165) is 5.56 Å². The summed E-state index contributed by atoms with van der Waals surface area (Å²) in [6.07, 6.45) is -0.288. The van der Waals surface area contributed by atoms with Crippen LogP contribution in [0, 0.1) is 6.92 Å². The van der Waals surface area contributed by atoms with Crippen LogP contribution in [0.5, 0.6) is 0 Å². The van der Waals surface area contributed by atoms with Crippen LogP contribution < -0.4 is 5.32 Å². The lowest BCUT2D eigenvalue weighted by molar-refractivity contribution is -0.144. The topological polar surface area (TPSA) is 75.7 Å². The minimum atomic E-state index is -0.875. The first-order valence-corrected chi connectivity index (χ1v) is 9.01. The predicted octanol–water partition coefficient (Wildman–Crippen LogP) is 3.45. The lowest BCUT2D eigenvalue weighted by atomic mass is 10.1. The first-order valence-electron chi connectivity index (χ1n) is 8.64. The number of benzene rings is 2. The molecule has 4 rings (SSSR count). The molecule has 0 saturated carbocycles. The average Bonchev–Trinajstić information content (AvgIpc) is 3.18. The molecule has 1 N–H and O–H groups in total. The van der Waals surface area contributed by atoms with Crippen LogP contribution in [0.25, 0.3) is 0 Å². The molecule has 2 aliphatic rings. The summed E-state index contributed by atoms with van der Waals surface area (Å²) in [7, 11) is 0. The van der Waals surface area contributed by atoms with Crippen LogP contribution in [-0.4, -0.2) is 28.7 Å². The molecule has 0 bridgehead atoms. The van der Waals surface area contributed by atoms with Gasteiger partial charge in [-0.25, -0.2) is 4.79 Å². The quantitative estimate of drug-likeness (QED) is 0.822. The molecule has 7 heteroatoms. The number of carbonyl (C=O) groups is 3. The Hall–Kier alpha value is -2.86. The number of halogens is 1. The van der Waals surface area contributed by atoms with Crippen LogP contribution >= 0.6 is 11.6 Å². The molecule has 1 saturated heterocycles. The SMILES string of the molecule is Cc1ccc(Cl)cc1NC(=O)[C@@H]1CCC(=O)N1[C@@H]1OC(=O)c2ccccc21. The fourth-order valence-corrected chi connectivity index (χ4v) is 3.70. The Bertz CT molecular complexity index is 959. The Morgan fingerprint density at radius 1 is 1.22 bits per heavy atom. The fraction of sp³-hybridized carbons (Fsp3) is 0.250. The molecular formula is C20H17ClN2O4. The molecule has 6 nitrogen and oxygen atoms in total. The van der Waals surface area contributed by atoms with Gasteiger partial charge in [-0.3, -0.25) is 14.5 Å². The highest BCUT2D eigenvalue weighted by Gasteiger charge is 2.46. The van der Waals surface area contributed by atoms with Gasteiger partial charge in [0, 0.05) is 22.7 Å². The van der Waals surface area contributed by atoms with Crippen molar-refractivity contribution >= 4 is 35.1 Å². The van der Waals surface area contributed by atoms with Gasteiger partial charge in [0.2, 0.25) is 18.0 Å². The van der Waals surface area contributed by atoms with Gasteiger partial charge in [-0.05, 0) is 37.1 Å². The zero-order valence-corrected chi connectivity index (χ0v) is 15.3. The summed E-state index contributed by atoms with van der Waals surface area (Å²) in [4.78, 5) is 38.9. The average molecular weight is 385 g/mol. The number of ether oxygens (including phenoxy) is 1. The first kappa shape index (κ1) is 17.5. The lowest BCUT2D eigenvalue weighted by Crippen LogP contribution is -2.44. The third-order valence-corrected chi connectivity index (χ3v) is 5.17. The van der Waals surface area contributed by atoms with Gasteiger partial charge in [0.1, 0.15) is 6.04 Å². The van der Waals surface area contributed by atoms with Crippen LogP contribution in [0.2, 0.25) is 5.02 Å². The van der Waals surface area contributed by atoms with Gasteiger partial charge in [-0.15, -0.1) is 0 Å². The largest absolute Gasteiger partial charge is 0.433 e. The number of esters is 1. The van der Waals surface area contributed by atoms with Gasteiger partial charge in [0.25, 0.3) is 0 Å². The Morgan fingerprint density at radius 2 is 2.00 bits per heavy atom. The maximum atomic E-state index is 12.9. The van der Waals surface area contributed by atoms with E-state index >= 15 is 0 Å². The number of rotatable bonds is 3. The standard InChI is InChI=1S/C20H17ClN2O4/c1-11-6-7-12(21)10-15(11)22-18(25)16-8-9-17(24)23(16)19-13-4-2-3-5-14(13)20(26)27-19/h2-7,10,16,19H,8-9H2,1H3,(H,22,25)/t16-,19+/m0/s1. The van der Waals surface area contributed by atoms with Crippen LogP contribution in [-0.2, 0) is 14.3 Å². The number of nitrogens with zero attached hydrogens (tertiary/aromatic N) is 1. The lowest BCUT2D eigenvalue weighted by Gasteiger charge is -2.29. The smallest absolute Gasteiger partial charge is 0.340 e. The number of likely N-dealkylation sites (tertiary alicyclic amines) is 1. The molecule has 2 aliphatic heterocycles. The normalized spacial score (nSPS) is 21.2. The van der Waals surface area contributed by atoms with E-state index in [1.807, 2.05) is 13.0 Å². The van der Waals surface area contributed by atoms with Crippen LogP contribution in [0.15, 0.2) is 42.5 Å². The highest BCUT2D eigenvalue weighted by atomic mass is 35.5. The van der Waals surface area contributed by atoms with Gasteiger partial charge in [0.15, 0.2) is 0 Å². The molecule has 2 aromatic rings. The van der Waals surface area contributed by atoms with E-state index < -0.39 is 18.2 Å². The Labute approximate surface area is 161 Å². The Balaban J connectivity index is 1.62. The van der Waals surface area contributed by atoms with Gasteiger partial charge < -0.3 is 10.1 Å². The number of fused-ring (bicyclic) bond motifs is 1. The van der Waals surface area contributed by atoms with E-state index in [1.165, 1.54) is 4.90 Å². The zero-order chi connectivity index (χ0) is 19.1. The van der Waals surface area contributed by atoms with E-state index in [9.17, 15) is 14.4 Å². The van der Waals surface area contributed by atoms with Gasteiger partial charge in [0.05, 0.1) is 5.56 Å². The van der Waals surface area contributed by atoms with Crippen molar-refractivity contribution in [2.45, 2.75) is 32.0 Å². The number of nitrogens with one attached hydrogen (secondary N) is 1. The number of amides is 2. The maximum Gasteiger partial charge on any atom is 0.340 e. The van der Waals surface area contributed by atoms with Gasteiger partial charge in [-0.1, -0.05) is 35.9 Å². The third-order valence-electron chi connectivity index (χ3n) is 4.93. The molecule has 1 fully saturated rings. The minimum Gasteiger partial charge on any atom is -0.433 e. The van der Waals surface area contributed by atoms with Gasteiger partial charge >= 0.3 is 5.97 Å². The van der Waals surface area contributed by atoms with Crippen LogP contribution in [0.4, 0.5) is 5.69 Å². The molecular weight excluding hydrogens is 368 g/mol. The molecule has 27 heavy (non-hydrogen) atoms. The Morgan fingerprint density at radius 3 is 2.81 bits per heavy atom. The number of hydrogen-bond acceptors (Lipinski definition) is 4. The van der Waals surface area contributed by atoms with Crippen molar-refractivity contribution in [2.24, 2.45) is 0 Å². The molecule has 0 aromatic heterocycles. The predicted molar refractivity (Wildman–Crippen MR) is 99.3 cm³/mol. The molecule has 138 valence electrons. The number of anilines is 1. The number of cyclic esters (lactones) is 1. The molecule has 0 unspecified atom stereocenters. The number of carbonyl (C=O) groups excluding carboxylic acids is 3. The molecule has 0 spiro atoms. The van der Waals surface area contributed by atoms with Crippen molar-refractivity contribution in [3.8, 4) is 0 Å². The van der Waals surface area contributed by atoms with E-state index in [0.29, 0.717) is 28.3 Å². The molecule has 2 aromatic carbocycles. The van der Waals surface area contributed by atoms with Crippen molar-refractivity contribution in [1.82, 2.24) is 4.90 Å². The van der Waals surface area contributed by atoms with Crippen molar-refractivity contribution < 1.29 is 19.1 Å². The summed E-state index contributed by atoms with van der Waals surface area (Å²) in [6.45, 7) is 1.86. The summed E-state index contributed by atoms with van der Waals surface area (Å²) in [5, 5.41) is 3.35. The van der Waals surface area contributed by atoms with Crippen molar-refractivity contribution in [1.29, 1.82) is 0 Å². The molecule has 2 atom stereocenters. The van der Waals surface area contributed by atoms with Crippen LogP contribution in [0.3, 0.4) is 0 Å². The number of aryl methyl sites for hydroxylation is 1. The van der Waals surface area contributed by atoms with E-state index in [1.54, 1.807) is 36.4 Å². The fourth-order valence-electron chi connectivity index (χ4n) is 3.53. The summed E-state index contributed by atoms with van der Waals surface area (Å²) in [5.41, 5.74) is 2.48. The second-order valence-corrected chi connectivity index (χ2v) is 7.09. The van der Waals surface area contributed by atoms with E-state index in [2.05, 4.69) is 5.32 Å².